The van der Waals surface area contributed by atoms with Crippen LogP contribution in [0.1, 0.15) is 29.8 Å². The molecule has 1 aliphatic heterocycles. The van der Waals surface area contributed by atoms with Crippen molar-refractivity contribution in [3.63, 3.8) is 0 Å². The second-order valence-corrected chi connectivity index (χ2v) is 6.90. The van der Waals surface area contributed by atoms with Gasteiger partial charge >= 0.3 is 0 Å². The highest BCUT2D eigenvalue weighted by atomic mass is 16.2. The monoisotopic (exact) mass is 369 g/mol. The Hall–Kier alpha value is -2.67. The first kappa shape index (κ1) is 19.1. The van der Waals surface area contributed by atoms with Crippen LogP contribution in [-0.4, -0.2) is 52.4 Å². The van der Waals surface area contributed by atoms with Gasteiger partial charge in [0.25, 0.3) is 0 Å². The molecule has 2 aromatic rings. The lowest BCUT2D eigenvalue weighted by Crippen LogP contribution is -2.56. The predicted molar refractivity (Wildman–Crippen MR) is 103 cm³/mol. The highest BCUT2D eigenvalue weighted by molar-refractivity contribution is 5.88. The predicted octanol–water partition coefficient (Wildman–Crippen LogP) is 1.16. The van der Waals surface area contributed by atoms with Gasteiger partial charge in [-0.3, -0.25) is 14.5 Å². The van der Waals surface area contributed by atoms with Gasteiger partial charge < -0.3 is 15.6 Å². The Balaban J connectivity index is 1.51. The van der Waals surface area contributed by atoms with Crippen molar-refractivity contribution in [2.75, 3.05) is 19.6 Å². The van der Waals surface area contributed by atoms with Crippen LogP contribution >= 0.6 is 0 Å². The first-order valence-electron chi connectivity index (χ1n) is 9.44. The second-order valence-electron chi connectivity index (χ2n) is 6.90. The summed E-state index contributed by atoms with van der Waals surface area (Å²) in [6.45, 7) is 4.69. The van der Waals surface area contributed by atoms with E-state index in [9.17, 15) is 9.59 Å². The molecule has 0 spiro atoms. The summed E-state index contributed by atoms with van der Waals surface area (Å²) in [5, 5.41) is 5.80. The van der Waals surface area contributed by atoms with Crippen molar-refractivity contribution in [3.05, 3.63) is 53.6 Å². The van der Waals surface area contributed by atoms with E-state index in [0.717, 1.165) is 25.2 Å². The number of carbonyl (C=O) groups excluding carboxylic acids is 2. The topological polar surface area (TPSA) is 90.1 Å². The normalized spacial score (nSPS) is 17.5. The van der Waals surface area contributed by atoms with Gasteiger partial charge in [-0.15, -0.1) is 0 Å². The van der Waals surface area contributed by atoms with Crippen LogP contribution in [0.3, 0.4) is 0 Å². The van der Waals surface area contributed by atoms with Gasteiger partial charge in [0, 0.05) is 45.0 Å². The van der Waals surface area contributed by atoms with E-state index in [-0.39, 0.29) is 18.2 Å². The molecule has 7 heteroatoms. The summed E-state index contributed by atoms with van der Waals surface area (Å²) >= 11 is 0. The Labute approximate surface area is 159 Å². The molecule has 1 fully saturated rings. The van der Waals surface area contributed by atoms with E-state index in [1.54, 1.807) is 12.4 Å². The fourth-order valence-corrected chi connectivity index (χ4v) is 3.35. The summed E-state index contributed by atoms with van der Waals surface area (Å²) in [6, 6.07) is 7.74. The summed E-state index contributed by atoms with van der Waals surface area (Å²) in [7, 11) is 0. The Morgan fingerprint density at radius 1 is 1.37 bits per heavy atom. The fourth-order valence-electron chi connectivity index (χ4n) is 3.35. The van der Waals surface area contributed by atoms with E-state index >= 15 is 0 Å². The number of aromatic amines is 1. The number of piperazine rings is 1. The number of H-pyrrole nitrogens is 1. The molecule has 3 N–H and O–H groups in total. The van der Waals surface area contributed by atoms with E-state index < -0.39 is 6.04 Å². The number of imidazole rings is 1. The zero-order valence-corrected chi connectivity index (χ0v) is 15.7. The van der Waals surface area contributed by atoms with Gasteiger partial charge in [0.05, 0.1) is 12.5 Å². The van der Waals surface area contributed by atoms with E-state index in [4.69, 9.17) is 0 Å². The number of hydrogen-bond donors (Lipinski definition) is 3. The Bertz CT molecular complexity index is 759. The summed E-state index contributed by atoms with van der Waals surface area (Å²) in [6.07, 6.45) is 5.29. The summed E-state index contributed by atoms with van der Waals surface area (Å²) < 4.78 is 0. The van der Waals surface area contributed by atoms with Gasteiger partial charge in [0.2, 0.25) is 11.8 Å². The summed E-state index contributed by atoms with van der Waals surface area (Å²) in [5.41, 5.74) is 2.39. The molecule has 7 nitrogen and oxygen atoms in total. The Morgan fingerprint density at radius 3 is 3.00 bits per heavy atom. The van der Waals surface area contributed by atoms with Crippen LogP contribution in [0, 0.1) is 6.92 Å². The molecule has 2 heterocycles. The van der Waals surface area contributed by atoms with Crippen molar-refractivity contribution < 1.29 is 9.59 Å². The maximum absolute atomic E-state index is 12.4. The first-order valence-corrected chi connectivity index (χ1v) is 9.44. The molecule has 0 radical (unpaired) electrons. The van der Waals surface area contributed by atoms with Crippen molar-refractivity contribution in [3.8, 4) is 0 Å². The fraction of sp³-hybridized carbons (Fsp3) is 0.450. The molecule has 27 heavy (non-hydrogen) atoms. The number of rotatable bonds is 8. The molecule has 1 saturated heterocycles. The molecule has 0 saturated carbocycles. The second kappa shape index (κ2) is 9.32. The van der Waals surface area contributed by atoms with Crippen LogP contribution < -0.4 is 10.6 Å². The molecule has 1 aliphatic rings. The van der Waals surface area contributed by atoms with Gasteiger partial charge in [-0.05, 0) is 24.5 Å². The molecule has 2 amide bonds. The number of aryl methyl sites for hydroxylation is 2. The average molecular weight is 369 g/mol. The lowest BCUT2D eigenvalue weighted by Gasteiger charge is -2.35. The van der Waals surface area contributed by atoms with Crippen LogP contribution in [0.25, 0.3) is 0 Å². The number of nitrogens with zero attached hydrogens (tertiary/aromatic N) is 2. The van der Waals surface area contributed by atoms with Gasteiger partial charge in [-0.1, -0.05) is 24.3 Å². The first-order chi connectivity index (χ1) is 13.1. The third-order valence-corrected chi connectivity index (χ3v) is 4.92. The highest BCUT2D eigenvalue weighted by Crippen LogP contribution is 2.16. The zero-order chi connectivity index (χ0) is 19.1. The quantitative estimate of drug-likeness (QED) is 0.609. The Morgan fingerprint density at radius 2 is 2.22 bits per heavy atom. The molecule has 1 aromatic carbocycles. The van der Waals surface area contributed by atoms with E-state index in [2.05, 4.69) is 44.6 Å². The van der Waals surface area contributed by atoms with Crippen molar-refractivity contribution in [2.24, 2.45) is 0 Å². The SMILES string of the molecule is Cc1ccccc1CN1CCNC(=O)[C@@H]1CC(=O)NCCCc1ncc[nH]1. The number of nitrogens with one attached hydrogen (secondary N) is 3. The minimum absolute atomic E-state index is 0.0689. The third-order valence-electron chi connectivity index (χ3n) is 4.92. The van der Waals surface area contributed by atoms with Crippen molar-refractivity contribution in [2.45, 2.75) is 38.8 Å². The minimum atomic E-state index is -0.427. The van der Waals surface area contributed by atoms with Crippen molar-refractivity contribution in [1.82, 2.24) is 25.5 Å². The minimum Gasteiger partial charge on any atom is -0.356 e. The van der Waals surface area contributed by atoms with E-state index in [0.29, 0.717) is 19.6 Å². The lowest BCUT2D eigenvalue weighted by atomic mass is 10.0. The molecule has 1 atom stereocenters. The summed E-state index contributed by atoms with van der Waals surface area (Å²) in [5.74, 6) is 0.757. The molecule has 1 aromatic heterocycles. The van der Waals surface area contributed by atoms with Gasteiger partial charge in [-0.25, -0.2) is 4.98 Å². The molecular formula is C20H27N5O2. The number of amides is 2. The summed E-state index contributed by atoms with van der Waals surface area (Å²) in [4.78, 5) is 34.0. The molecule has 0 bridgehead atoms. The van der Waals surface area contributed by atoms with Crippen molar-refractivity contribution >= 4 is 11.8 Å². The van der Waals surface area contributed by atoms with E-state index in [1.807, 2.05) is 12.1 Å². The van der Waals surface area contributed by atoms with Crippen LogP contribution in [0.15, 0.2) is 36.7 Å². The largest absolute Gasteiger partial charge is 0.356 e. The van der Waals surface area contributed by atoms with Gasteiger partial charge in [-0.2, -0.15) is 0 Å². The highest BCUT2D eigenvalue weighted by Gasteiger charge is 2.31. The lowest BCUT2D eigenvalue weighted by molar-refractivity contribution is -0.134. The Kier molecular flexibility index (Phi) is 6.59. The van der Waals surface area contributed by atoms with Gasteiger partial charge in [0.1, 0.15) is 5.82 Å². The maximum atomic E-state index is 12.4. The average Bonchev–Trinajstić information content (AvgIpc) is 3.17. The molecule has 0 unspecified atom stereocenters. The number of carbonyl (C=O) groups is 2. The smallest absolute Gasteiger partial charge is 0.237 e. The number of aromatic nitrogens is 2. The van der Waals surface area contributed by atoms with Crippen LogP contribution in [-0.2, 0) is 22.6 Å². The van der Waals surface area contributed by atoms with Crippen LogP contribution in [0.4, 0.5) is 0 Å². The van der Waals surface area contributed by atoms with Crippen molar-refractivity contribution in [1.29, 1.82) is 0 Å². The number of hydrogen-bond acceptors (Lipinski definition) is 4. The number of benzene rings is 1. The zero-order valence-electron chi connectivity index (χ0n) is 15.7. The van der Waals surface area contributed by atoms with E-state index in [1.165, 1.54) is 11.1 Å². The molecule has 0 aliphatic carbocycles. The molecule has 3 rings (SSSR count). The van der Waals surface area contributed by atoms with Crippen LogP contribution in [0.2, 0.25) is 0 Å². The molecular weight excluding hydrogens is 342 g/mol. The van der Waals surface area contributed by atoms with Gasteiger partial charge in [0.15, 0.2) is 0 Å². The third kappa shape index (κ3) is 5.40. The maximum Gasteiger partial charge on any atom is 0.237 e. The molecule has 144 valence electrons. The van der Waals surface area contributed by atoms with Crippen LogP contribution in [0.5, 0.6) is 0 Å². The standard InChI is InChI=1S/C20H27N5O2/c1-15-5-2-3-6-16(15)14-25-12-11-24-20(27)17(25)13-19(26)23-8-4-7-18-21-9-10-22-18/h2-3,5-6,9-10,17H,4,7-8,11-14H2,1H3,(H,21,22)(H,23,26)(H,24,27)/t17-/m0/s1.